The molecule has 3 aromatic rings. The smallest absolute Gasteiger partial charge is 0.425 e. The highest BCUT2D eigenvalue weighted by Crippen LogP contribution is 2.31. The van der Waals surface area contributed by atoms with Crippen LogP contribution in [0.15, 0.2) is 48.7 Å². The van der Waals surface area contributed by atoms with Gasteiger partial charge in [-0.1, -0.05) is 35.9 Å². The predicted molar refractivity (Wildman–Crippen MR) is 145 cm³/mol. The Bertz CT molecular complexity index is 1370. The summed E-state index contributed by atoms with van der Waals surface area (Å²) in [6.45, 7) is 4.85. The van der Waals surface area contributed by atoms with E-state index >= 15 is 0 Å². The Balaban J connectivity index is 1.74. The van der Waals surface area contributed by atoms with E-state index in [0.29, 0.717) is 24.5 Å². The normalized spacial score (nSPS) is 12.9. The molecule has 1 aromatic heterocycles. The summed E-state index contributed by atoms with van der Waals surface area (Å²) in [4.78, 5) is 41.4. The largest absolute Gasteiger partial charge is 0.480 e. The van der Waals surface area contributed by atoms with Crippen LogP contribution in [-0.4, -0.2) is 52.5 Å². The third kappa shape index (κ3) is 7.84. The highest BCUT2D eigenvalue weighted by atomic mass is 35.5. The van der Waals surface area contributed by atoms with E-state index in [9.17, 15) is 27.6 Å². The quantitative estimate of drug-likeness (QED) is 0.303. The van der Waals surface area contributed by atoms with Crippen molar-refractivity contribution in [2.75, 3.05) is 7.05 Å². The van der Waals surface area contributed by atoms with Crippen LogP contribution in [0.4, 0.5) is 13.2 Å². The van der Waals surface area contributed by atoms with Crippen molar-refractivity contribution in [2.45, 2.75) is 58.5 Å². The maximum absolute atomic E-state index is 13.0. The number of ether oxygens (including phenoxy) is 1. The Hall–Kier alpha value is -3.86. The van der Waals surface area contributed by atoms with Gasteiger partial charge in [0.25, 0.3) is 5.91 Å². The molecule has 1 heterocycles. The molecule has 3 rings (SSSR count). The molecule has 2 amide bonds. The molecule has 0 aliphatic carbocycles. The van der Waals surface area contributed by atoms with Crippen LogP contribution in [0.3, 0.4) is 0 Å². The number of Topliss-reactive ketones (excluding diaryl/α,β-unsaturated/α-hetero) is 1. The lowest BCUT2D eigenvalue weighted by molar-refractivity contribution is -0.189. The zero-order valence-electron chi connectivity index (χ0n) is 22.4. The minimum Gasteiger partial charge on any atom is -0.480 e. The molecule has 40 heavy (non-hydrogen) atoms. The Morgan fingerprint density at radius 1 is 1.12 bits per heavy atom. The predicted octanol–water partition coefficient (Wildman–Crippen LogP) is 5.23. The Morgan fingerprint density at radius 2 is 1.80 bits per heavy atom. The molecule has 12 heteroatoms. The van der Waals surface area contributed by atoms with E-state index < -0.39 is 24.2 Å². The number of aromatic nitrogens is 2. The van der Waals surface area contributed by atoms with E-state index in [1.54, 1.807) is 4.57 Å². The monoisotopic (exact) mass is 578 g/mol. The average Bonchev–Trinajstić information content (AvgIpc) is 3.34. The van der Waals surface area contributed by atoms with Crippen LogP contribution in [0.2, 0.25) is 5.02 Å². The number of hydrogen-bond donors (Lipinski definition) is 2. The second-order valence-electron chi connectivity index (χ2n) is 9.19. The fourth-order valence-corrected chi connectivity index (χ4v) is 4.16. The van der Waals surface area contributed by atoms with Gasteiger partial charge in [0.1, 0.15) is 5.75 Å². The fraction of sp³-hybridized carbons (Fsp3) is 0.357. The van der Waals surface area contributed by atoms with Gasteiger partial charge in [-0.25, -0.2) is 4.98 Å². The Morgan fingerprint density at radius 3 is 2.33 bits per heavy atom. The molecule has 0 aliphatic heterocycles. The topological polar surface area (TPSA) is 102 Å². The van der Waals surface area contributed by atoms with Crippen LogP contribution in [0.1, 0.15) is 53.7 Å². The SMILES string of the molecule is CCn1cc(-c2ccc(CC(CC(=O)NC)NC(=O)c3ccc(OC(C)C(F)(F)F)c(Cl)c3)cc2)nc1C(C)=O. The van der Waals surface area contributed by atoms with Crippen LogP contribution in [0.5, 0.6) is 5.75 Å². The van der Waals surface area contributed by atoms with Gasteiger partial charge in [0.15, 0.2) is 17.7 Å². The number of hydrogen-bond acceptors (Lipinski definition) is 5. The van der Waals surface area contributed by atoms with Crippen molar-refractivity contribution in [3.05, 3.63) is 70.6 Å². The van der Waals surface area contributed by atoms with E-state index in [1.165, 1.54) is 32.2 Å². The van der Waals surface area contributed by atoms with E-state index in [2.05, 4.69) is 15.6 Å². The number of aryl methyl sites for hydroxylation is 1. The van der Waals surface area contributed by atoms with Crippen LogP contribution >= 0.6 is 11.6 Å². The van der Waals surface area contributed by atoms with Crippen molar-refractivity contribution in [3.8, 4) is 17.0 Å². The summed E-state index contributed by atoms with van der Waals surface area (Å²) in [5, 5.41) is 5.19. The molecule has 0 spiro atoms. The molecule has 2 unspecified atom stereocenters. The zero-order chi connectivity index (χ0) is 29.6. The molecule has 214 valence electrons. The summed E-state index contributed by atoms with van der Waals surface area (Å²) < 4.78 is 45.1. The molecular formula is C28H30ClF3N4O4. The van der Waals surface area contributed by atoms with Crippen LogP contribution in [0, 0.1) is 0 Å². The lowest BCUT2D eigenvalue weighted by Gasteiger charge is -2.20. The van der Waals surface area contributed by atoms with Crippen molar-refractivity contribution in [3.63, 3.8) is 0 Å². The van der Waals surface area contributed by atoms with E-state index in [0.717, 1.165) is 18.1 Å². The van der Waals surface area contributed by atoms with Gasteiger partial charge in [0.2, 0.25) is 5.91 Å². The van der Waals surface area contributed by atoms with Gasteiger partial charge in [0, 0.05) is 50.3 Å². The van der Waals surface area contributed by atoms with Gasteiger partial charge < -0.3 is 19.9 Å². The van der Waals surface area contributed by atoms with Crippen LogP contribution in [-0.2, 0) is 17.8 Å². The molecule has 0 bridgehead atoms. The highest BCUT2D eigenvalue weighted by Gasteiger charge is 2.38. The molecule has 0 radical (unpaired) electrons. The summed E-state index contributed by atoms with van der Waals surface area (Å²) in [6, 6.07) is 10.5. The molecule has 2 aromatic carbocycles. The molecule has 0 saturated heterocycles. The van der Waals surface area contributed by atoms with E-state index in [-0.39, 0.29) is 34.4 Å². The second kappa shape index (κ2) is 13.0. The molecule has 2 N–H and O–H groups in total. The maximum atomic E-state index is 13.0. The minimum absolute atomic E-state index is 0.00903. The van der Waals surface area contributed by atoms with Crippen LogP contribution < -0.4 is 15.4 Å². The summed E-state index contributed by atoms with van der Waals surface area (Å²) in [5.74, 6) is -0.790. The lowest BCUT2D eigenvalue weighted by Crippen LogP contribution is -2.40. The number of alkyl halides is 3. The molecular weight excluding hydrogens is 549 g/mol. The number of benzene rings is 2. The first kappa shape index (κ1) is 30.7. The van der Waals surface area contributed by atoms with Crippen molar-refractivity contribution in [2.24, 2.45) is 0 Å². The number of nitrogens with zero attached hydrogens (tertiary/aromatic N) is 2. The first-order valence-electron chi connectivity index (χ1n) is 12.5. The average molecular weight is 579 g/mol. The van der Waals surface area contributed by atoms with Crippen LogP contribution in [0.25, 0.3) is 11.3 Å². The molecule has 0 aliphatic rings. The van der Waals surface area contributed by atoms with E-state index in [4.69, 9.17) is 16.3 Å². The number of amides is 2. The second-order valence-corrected chi connectivity index (χ2v) is 9.59. The molecule has 0 saturated carbocycles. The summed E-state index contributed by atoms with van der Waals surface area (Å²) in [6.07, 6.45) is -4.53. The number of carbonyl (C=O) groups is 3. The Kier molecular flexibility index (Phi) is 9.97. The third-order valence-electron chi connectivity index (χ3n) is 6.17. The standard InChI is InChI=1S/C28H30ClF3N4O4/c1-5-36-15-23(35-26(36)16(2)37)19-8-6-18(7-9-19)12-21(14-25(38)33-4)34-27(39)20-10-11-24(22(29)13-20)40-17(3)28(30,31)32/h6-11,13,15,17,21H,5,12,14H2,1-4H3,(H,33,38)(H,34,39). The van der Waals surface area contributed by atoms with Gasteiger partial charge in [-0.15, -0.1) is 0 Å². The van der Waals surface area contributed by atoms with Gasteiger partial charge in [0.05, 0.1) is 10.7 Å². The van der Waals surface area contributed by atoms with Crippen molar-refractivity contribution in [1.82, 2.24) is 20.2 Å². The molecule has 2 atom stereocenters. The first-order valence-corrected chi connectivity index (χ1v) is 12.9. The summed E-state index contributed by atoms with van der Waals surface area (Å²) in [7, 11) is 1.49. The van der Waals surface area contributed by atoms with Crippen molar-refractivity contribution in [1.29, 1.82) is 0 Å². The summed E-state index contributed by atoms with van der Waals surface area (Å²) >= 11 is 6.08. The number of rotatable bonds is 11. The van der Waals surface area contributed by atoms with Crippen molar-refractivity contribution < 1.29 is 32.3 Å². The third-order valence-corrected chi connectivity index (χ3v) is 6.46. The Labute approximate surface area is 234 Å². The van der Waals surface area contributed by atoms with Gasteiger partial charge in [-0.3, -0.25) is 14.4 Å². The van der Waals surface area contributed by atoms with E-state index in [1.807, 2.05) is 37.4 Å². The first-order chi connectivity index (χ1) is 18.8. The molecule has 8 nitrogen and oxygen atoms in total. The molecule has 0 fully saturated rings. The highest BCUT2D eigenvalue weighted by molar-refractivity contribution is 6.32. The lowest BCUT2D eigenvalue weighted by atomic mass is 10.0. The van der Waals surface area contributed by atoms with Crippen molar-refractivity contribution >= 4 is 29.2 Å². The number of halogens is 4. The number of carbonyl (C=O) groups excluding carboxylic acids is 3. The van der Waals surface area contributed by atoms with Gasteiger partial charge >= 0.3 is 6.18 Å². The number of nitrogens with one attached hydrogen (secondary N) is 2. The maximum Gasteiger partial charge on any atom is 0.425 e. The zero-order valence-corrected chi connectivity index (χ0v) is 23.2. The van der Waals surface area contributed by atoms with Gasteiger partial charge in [-0.05, 0) is 44.0 Å². The minimum atomic E-state index is -4.57. The number of imidazole rings is 1. The summed E-state index contributed by atoms with van der Waals surface area (Å²) in [5.41, 5.74) is 2.40. The number of ketones is 1. The fourth-order valence-electron chi connectivity index (χ4n) is 3.94. The van der Waals surface area contributed by atoms with Gasteiger partial charge in [-0.2, -0.15) is 13.2 Å².